The Morgan fingerprint density at radius 3 is 1.91 bits per heavy atom. The summed E-state index contributed by atoms with van der Waals surface area (Å²) in [6, 6.07) is 39.5. The molecule has 1 saturated carbocycles. The number of hydrogen-bond acceptors (Lipinski definition) is 3. The van der Waals surface area contributed by atoms with E-state index in [-0.39, 0.29) is 39.5 Å². The molecule has 2 unspecified atom stereocenters. The maximum atomic E-state index is 3.02. The zero-order chi connectivity index (χ0) is 45.5. The molecule has 1 aromatic heterocycles. The summed E-state index contributed by atoms with van der Waals surface area (Å²) in [7, 11) is 0. The lowest BCUT2D eigenvalue weighted by Gasteiger charge is -2.55. The Kier molecular flexibility index (Phi) is 8.46. The van der Waals surface area contributed by atoms with E-state index in [1.54, 1.807) is 11.1 Å². The van der Waals surface area contributed by atoms with Crippen LogP contribution in [0.1, 0.15) is 155 Å². The molecule has 65 heavy (non-hydrogen) atoms. The molecule has 0 saturated heterocycles. The van der Waals surface area contributed by atoms with Gasteiger partial charge >= 0.3 is 6.85 Å². The van der Waals surface area contributed by atoms with E-state index in [0.29, 0.717) is 0 Å². The minimum atomic E-state index is -0.0440. The molecule has 12 rings (SSSR count). The molecule has 4 heterocycles. The van der Waals surface area contributed by atoms with E-state index in [9.17, 15) is 0 Å². The molecule has 7 aromatic rings. The maximum Gasteiger partial charge on any atom is 0.328 e. The van der Waals surface area contributed by atoms with Gasteiger partial charge in [-0.15, -0.1) is 11.3 Å². The normalized spacial score (nSPS) is 22.4. The Labute approximate surface area is 393 Å². The average Bonchev–Trinajstić information content (AvgIpc) is 3.71. The van der Waals surface area contributed by atoms with Crippen LogP contribution in [0.15, 0.2) is 97.1 Å². The zero-order valence-corrected chi connectivity index (χ0v) is 42.2. The topological polar surface area (TPSA) is 6.48 Å². The highest BCUT2D eigenvalue weighted by atomic mass is 32.1. The van der Waals surface area contributed by atoms with Crippen molar-refractivity contribution in [2.24, 2.45) is 0 Å². The summed E-state index contributed by atoms with van der Waals surface area (Å²) in [4.78, 5) is 5.74. The Morgan fingerprint density at radius 2 is 1.20 bits per heavy atom. The van der Waals surface area contributed by atoms with Gasteiger partial charge in [-0.05, 0) is 165 Å². The fraction of sp³-hybridized carbons (Fsp3) is 0.410. The molecule has 0 spiro atoms. The third kappa shape index (κ3) is 5.65. The highest BCUT2D eigenvalue weighted by molar-refractivity contribution is 7.26. The number of benzene rings is 6. The first kappa shape index (κ1) is 41.6. The van der Waals surface area contributed by atoms with Crippen LogP contribution in [0.4, 0.5) is 22.7 Å². The van der Waals surface area contributed by atoms with Crippen molar-refractivity contribution in [3.05, 3.63) is 130 Å². The van der Waals surface area contributed by atoms with E-state index in [4.69, 9.17) is 0 Å². The van der Waals surface area contributed by atoms with Crippen LogP contribution in [-0.2, 0) is 27.1 Å². The van der Waals surface area contributed by atoms with Gasteiger partial charge in [0.15, 0.2) is 0 Å². The molecule has 0 N–H and O–H groups in total. The Bertz CT molecular complexity index is 3190. The van der Waals surface area contributed by atoms with Crippen molar-refractivity contribution in [2.45, 2.75) is 161 Å². The van der Waals surface area contributed by atoms with Crippen LogP contribution in [-0.4, -0.2) is 12.4 Å². The Morgan fingerprint density at radius 1 is 0.554 bits per heavy atom. The van der Waals surface area contributed by atoms with E-state index >= 15 is 0 Å². The summed E-state index contributed by atoms with van der Waals surface area (Å²) >= 11 is 2.02. The number of nitrogens with zero attached hydrogens (tertiary/aromatic N) is 2. The number of thiophene rings is 1. The molecule has 5 aliphatic rings. The zero-order valence-electron chi connectivity index (χ0n) is 41.4. The van der Waals surface area contributed by atoms with Crippen molar-refractivity contribution in [1.82, 2.24) is 0 Å². The molecule has 2 atom stereocenters. The molecule has 330 valence electrons. The molecule has 6 aromatic carbocycles. The van der Waals surface area contributed by atoms with E-state index in [2.05, 4.69) is 197 Å². The van der Waals surface area contributed by atoms with Gasteiger partial charge in [-0.1, -0.05) is 138 Å². The van der Waals surface area contributed by atoms with Gasteiger partial charge in [-0.2, -0.15) is 0 Å². The number of rotatable bonds is 2. The first-order valence-corrected chi connectivity index (χ1v) is 25.6. The van der Waals surface area contributed by atoms with Crippen molar-refractivity contribution in [2.75, 3.05) is 9.71 Å². The molecule has 2 aliphatic carbocycles. The number of hydrogen-bond donors (Lipinski definition) is 0. The van der Waals surface area contributed by atoms with E-state index in [1.807, 2.05) is 11.3 Å². The monoisotopic (exact) mass is 871 g/mol. The van der Waals surface area contributed by atoms with Crippen molar-refractivity contribution < 1.29 is 0 Å². The van der Waals surface area contributed by atoms with Crippen LogP contribution >= 0.6 is 11.3 Å². The van der Waals surface area contributed by atoms with Gasteiger partial charge in [0.1, 0.15) is 0 Å². The molecule has 0 amide bonds. The Balaban J connectivity index is 1.23. The SMILES string of the molecule is Cc1cc2c3c(c1)N(c1ccc(C(C)(C)C)cc1-c1ccccc1)c1cc4c(cc1B3N1c3c-2cc(C(C)(C)C)cc3C2(C)CCCCC12C)sc1cc2c(cc14)C(C)(C)CCC2(C)C. The first-order valence-electron chi connectivity index (χ1n) is 24.8. The second kappa shape index (κ2) is 13.2. The van der Waals surface area contributed by atoms with Gasteiger partial charge in [0.05, 0.1) is 5.69 Å². The summed E-state index contributed by atoms with van der Waals surface area (Å²) in [6.45, 7) is 31.9. The van der Waals surface area contributed by atoms with Crippen LogP contribution in [0.2, 0.25) is 0 Å². The fourth-order valence-electron chi connectivity index (χ4n) is 13.6. The summed E-state index contributed by atoms with van der Waals surface area (Å²) in [5.41, 5.74) is 22.8. The maximum absolute atomic E-state index is 3.02. The fourth-order valence-corrected chi connectivity index (χ4v) is 14.7. The van der Waals surface area contributed by atoms with Crippen LogP contribution in [0, 0.1) is 6.92 Å². The molecule has 3 aliphatic heterocycles. The largest absolute Gasteiger partial charge is 0.400 e. The number of aryl methyl sites for hydroxylation is 1. The highest BCUT2D eigenvalue weighted by Crippen LogP contribution is 2.64. The van der Waals surface area contributed by atoms with Gasteiger partial charge < -0.3 is 9.71 Å². The van der Waals surface area contributed by atoms with Crippen molar-refractivity contribution in [1.29, 1.82) is 0 Å². The molecule has 1 fully saturated rings. The Hall–Kier alpha value is -4.80. The number of fused-ring (bicyclic) bond motifs is 11. The standard InChI is InChI=1S/C61H67BN2S/c1-36-27-43-44-30-39(57(5,6)7)31-47-55(44)64(61(13)24-18-17-23-60(47,61)12)62-48-35-53-42(41-32-45-46(34-52(41)65-53)59(10,11)26-25-58(45,8)9)33-50(48)63(51(28-36)54(43)62)49-22-21-38(56(2,3)4)29-40(49)37-19-15-14-16-20-37/h14-16,19-22,27-35H,17-18,23-26H2,1-13H3. The summed E-state index contributed by atoms with van der Waals surface area (Å²) in [6.07, 6.45) is 7.41. The third-order valence-electron chi connectivity index (χ3n) is 17.8. The van der Waals surface area contributed by atoms with Crippen LogP contribution in [0.3, 0.4) is 0 Å². The lowest BCUT2D eigenvalue weighted by atomic mass is 9.42. The molecular weight excluding hydrogens is 804 g/mol. The molecule has 0 bridgehead atoms. The van der Waals surface area contributed by atoms with Crippen LogP contribution in [0.25, 0.3) is 42.4 Å². The van der Waals surface area contributed by atoms with Gasteiger partial charge in [-0.3, -0.25) is 0 Å². The second-order valence-electron chi connectivity index (χ2n) is 24.9. The van der Waals surface area contributed by atoms with E-state index in [0.717, 1.165) is 0 Å². The lowest BCUT2D eigenvalue weighted by molar-refractivity contribution is 0.199. The predicted molar refractivity (Wildman–Crippen MR) is 284 cm³/mol. The van der Waals surface area contributed by atoms with Crippen LogP contribution < -0.4 is 20.6 Å². The van der Waals surface area contributed by atoms with Gasteiger partial charge in [0, 0.05) is 59.3 Å². The third-order valence-corrected chi connectivity index (χ3v) is 18.9. The van der Waals surface area contributed by atoms with E-state index < -0.39 is 0 Å². The first-order chi connectivity index (χ1) is 30.6. The van der Waals surface area contributed by atoms with Crippen molar-refractivity contribution in [3.63, 3.8) is 0 Å². The quantitative estimate of drug-likeness (QED) is 0.160. The van der Waals surface area contributed by atoms with Crippen LogP contribution in [0.5, 0.6) is 0 Å². The lowest BCUT2D eigenvalue weighted by Crippen LogP contribution is -2.70. The molecule has 0 radical (unpaired) electrons. The predicted octanol–water partition coefficient (Wildman–Crippen LogP) is 16.0. The van der Waals surface area contributed by atoms with Gasteiger partial charge in [-0.25, -0.2) is 0 Å². The number of anilines is 4. The smallest absolute Gasteiger partial charge is 0.328 e. The van der Waals surface area contributed by atoms with Crippen molar-refractivity contribution >= 4 is 72.0 Å². The summed E-state index contributed by atoms with van der Waals surface area (Å²) in [5, 5.41) is 2.81. The minimum absolute atomic E-state index is 0.00270. The molecule has 4 heteroatoms. The summed E-state index contributed by atoms with van der Waals surface area (Å²) < 4.78 is 2.83. The average molecular weight is 871 g/mol. The van der Waals surface area contributed by atoms with E-state index in [1.165, 1.54) is 137 Å². The molecular formula is C61H67BN2S. The van der Waals surface area contributed by atoms with Crippen molar-refractivity contribution in [3.8, 4) is 22.3 Å². The highest BCUT2D eigenvalue weighted by Gasteiger charge is 2.63. The minimum Gasteiger partial charge on any atom is -0.400 e. The summed E-state index contributed by atoms with van der Waals surface area (Å²) in [5.74, 6) is 0. The van der Waals surface area contributed by atoms with Gasteiger partial charge in [0.25, 0.3) is 0 Å². The molecule has 2 nitrogen and oxygen atoms in total. The second-order valence-corrected chi connectivity index (χ2v) is 25.9. The van der Waals surface area contributed by atoms with Gasteiger partial charge in [0.2, 0.25) is 0 Å².